The van der Waals surface area contributed by atoms with E-state index in [1.807, 2.05) is 13.0 Å². The molecule has 0 saturated heterocycles. The molecular weight excluding hydrogens is 174 g/mol. The van der Waals surface area contributed by atoms with Crippen molar-refractivity contribution >= 4 is 5.78 Å². The van der Waals surface area contributed by atoms with Crippen molar-refractivity contribution < 1.29 is 4.79 Å². The van der Waals surface area contributed by atoms with E-state index < -0.39 is 0 Å². The summed E-state index contributed by atoms with van der Waals surface area (Å²) in [7, 11) is 0. The molecule has 0 saturated carbocycles. The maximum absolute atomic E-state index is 11.5. The van der Waals surface area contributed by atoms with E-state index in [1.165, 1.54) is 0 Å². The van der Waals surface area contributed by atoms with Crippen LogP contribution in [0.5, 0.6) is 0 Å². The summed E-state index contributed by atoms with van der Waals surface area (Å²) >= 11 is 0. The molecular formula is C12H17NO. The lowest BCUT2D eigenvalue weighted by atomic mass is 10.0. The molecule has 1 heterocycles. The van der Waals surface area contributed by atoms with Crippen LogP contribution in [-0.2, 0) is 11.2 Å². The fraction of sp³-hybridized carbons (Fsp3) is 0.500. The summed E-state index contributed by atoms with van der Waals surface area (Å²) in [5, 5.41) is 0. The lowest BCUT2D eigenvalue weighted by Crippen LogP contribution is -2.06. The Balaban J connectivity index is 2.56. The van der Waals surface area contributed by atoms with Crippen molar-refractivity contribution in [3.8, 4) is 0 Å². The molecule has 0 radical (unpaired) electrons. The van der Waals surface area contributed by atoms with Gasteiger partial charge in [0, 0.05) is 25.2 Å². The minimum atomic E-state index is 0.299. The molecule has 76 valence electrons. The highest BCUT2D eigenvalue weighted by molar-refractivity contribution is 5.80. The Kier molecular flexibility index (Phi) is 3.81. The highest BCUT2D eigenvalue weighted by Crippen LogP contribution is 2.07. The molecule has 0 amide bonds. The van der Waals surface area contributed by atoms with Crippen LogP contribution in [0.15, 0.2) is 18.5 Å². The van der Waals surface area contributed by atoms with Crippen molar-refractivity contribution in [1.29, 1.82) is 0 Å². The Hall–Kier alpha value is -1.18. The Labute approximate surface area is 85.4 Å². The number of hydrogen-bond acceptors (Lipinski definition) is 2. The summed E-state index contributed by atoms with van der Waals surface area (Å²) in [6, 6.07) is 2.02. The molecule has 0 fully saturated rings. The zero-order valence-corrected chi connectivity index (χ0v) is 9.08. The van der Waals surface area contributed by atoms with E-state index in [0.717, 1.165) is 11.1 Å². The second-order valence-electron chi connectivity index (χ2n) is 4.18. The predicted octanol–water partition coefficient (Wildman–Crippen LogP) is 2.55. The molecule has 0 bridgehead atoms. The van der Waals surface area contributed by atoms with Crippen LogP contribution < -0.4 is 0 Å². The van der Waals surface area contributed by atoms with Crippen molar-refractivity contribution in [2.24, 2.45) is 5.92 Å². The minimum absolute atomic E-state index is 0.299. The van der Waals surface area contributed by atoms with Crippen LogP contribution in [0.3, 0.4) is 0 Å². The first-order valence-electron chi connectivity index (χ1n) is 5.00. The molecule has 0 aliphatic heterocycles. The third-order valence-electron chi connectivity index (χ3n) is 1.97. The first-order chi connectivity index (χ1) is 6.58. The smallest absolute Gasteiger partial charge is 0.137 e. The Bertz CT molecular complexity index is 318. The maximum atomic E-state index is 11.5. The number of aromatic nitrogens is 1. The van der Waals surface area contributed by atoms with E-state index in [2.05, 4.69) is 18.8 Å². The van der Waals surface area contributed by atoms with E-state index in [4.69, 9.17) is 0 Å². The van der Waals surface area contributed by atoms with Gasteiger partial charge in [0.25, 0.3) is 0 Å². The molecule has 1 aromatic rings. The van der Waals surface area contributed by atoms with Crippen molar-refractivity contribution in [1.82, 2.24) is 4.98 Å². The zero-order chi connectivity index (χ0) is 10.6. The van der Waals surface area contributed by atoms with E-state index in [-0.39, 0.29) is 0 Å². The Morgan fingerprint density at radius 2 is 2.14 bits per heavy atom. The molecule has 2 nitrogen and oxygen atoms in total. The largest absolute Gasteiger partial charge is 0.299 e. The first-order valence-corrected chi connectivity index (χ1v) is 5.00. The van der Waals surface area contributed by atoms with Crippen LogP contribution in [0.4, 0.5) is 0 Å². The number of Topliss-reactive ketones (excluding diaryl/α,β-unsaturated/α-hetero) is 1. The topological polar surface area (TPSA) is 30.0 Å². The van der Waals surface area contributed by atoms with Crippen LogP contribution >= 0.6 is 0 Å². The standard InChI is InChI=1S/C12H17NO/c1-9(2)4-12(14)6-11-5-10(3)7-13-8-11/h5,7-9H,4,6H2,1-3H3. The summed E-state index contributed by atoms with van der Waals surface area (Å²) in [6.45, 7) is 6.11. The highest BCUT2D eigenvalue weighted by Gasteiger charge is 2.06. The molecule has 0 atom stereocenters. The highest BCUT2D eigenvalue weighted by atomic mass is 16.1. The maximum Gasteiger partial charge on any atom is 0.137 e. The number of aryl methyl sites for hydroxylation is 1. The van der Waals surface area contributed by atoms with Crippen molar-refractivity contribution in [2.45, 2.75) is 33.6 Å². The SMILES string of the molecule is Cc1cncc(CC(=O)CC(C)C)c1. The Morgan fingerprint density at radius 3 is 2.71 bits per heavy atom. The molecule has 14 heavy (non-hydrogen) atoms. The number of carbonyl (C=O) groups excluding carboxylic acids is 1. The molecule has 0 spiro atoms. The van der Waals surface area contributed by atoms with Crippen LogP contribution in [0.1, 0.15) is 31.4 Å². The third-order valence-corrected chi connectivity index (χ3v) is 1.97. The van der Waals surface area contributed by atoms with Gasteiger partial charge < -0.3 is 0 Å². The van der Waals surface area contributed by atoms with Crippen LogP contribution in [0.25, 0.3) is 0 Å². The quantitative estimate of drug-likeness (QED) is 0.732. The van der Waals surface area contributed by atoms with Crippen LogP contribution in [0.2, 0.25) is 0 Å². The summed E-state index contributed by atoms with van der Waals surface area (Å²) in [5.41, 5.74) is 2.13. The average molecular weight is 191 g/mol. The van der Waals surface area contributed by atoms with E-state index in [1.54, 1.807) is 12.4 Å². The van der Waals surface area contributed by atoms with Gasteiger partial charge in [-0.25, -0.2) is 0 Å². The van der Waals surface area contributed by atoms with Crippen molar-refractivity contribution in [3.63, 3.8) is 0 Å². The van der Waals surface area contributed by atoms with Gasteiger partial charge in [0.1, 0.15) is 5.78 Å². The number of ketones is 1. The monoisotopic (exact) mass is 191 g/mol. The number of carbonyl (C=O) groups is 1. The zero-order valence-electron chi connectivity index (χ0n) is 9.08. The van der Waals surface area contributed by atoms with Gasteiger partial charge in [-0.05, 0) is 24.0 Å². The van der Waals surface area contributed by atoms with Crippen LogP contribution in [0, 0.1) is 12.8 Å². The van der Waals surface area contributed by atoms with E-state index in [0.29, 0.717) is 24.5 Å². The Morgan fingerprint density at radius 1 is 1.43 bits per heavy atom. The van der Waals surface area contributed by atoms with Gasteiger partial charge >= 0.3 is 0 Å². The van der Waals surface area contributed by atoms with Gasteiger partial charge in [-0.2, -0.15) is 0 Å². The minimum Gasteiger partial charge on any atom is -0.299 e. The number of nitrogens with zero attached hydrogens (tertiary/aromatic N) is 1. The second-order valence-corrected chi connectivity index (χ2v) is 4.18. The number of rotatable bonds is 4. The lowest BCUT2D eigenvalue weighted by Gasteiger charge is -2.04. The fourth-order valence-electron chi connectivity index (χ4n) is 1.47. The molecule has 0 N–H and O–H groups in total. The summed E-state index contributed by atoms with van der Waals surface area (Å²) in [6.07, 6.45) is 4.75. The second kappa shape index (κ2) is 4.89. The molecule has 0 unspecified atom stereocenters. The predicted molar refractivity (Wildman–Crippen MR) is 57.1 cm³/mol. The molecule has 0 aliphatic carbocycles. The van der Waals surface area contributed by atoms with Gasteiger partial charge in [-0.3, -0.25) is 9.78 Å². The molecule has 1 aromatic heterocycles. The fourth-order valence-corrected chi connectivity index (χ4v) is 1.47. The van der Waals surface area contributed by atoms with E-state index in [9.17, 15) is 4.79 Å². The van der Waals surface area contributed by atoms with Crippen molar-refractivity contribution in [2.75, 3.05) is 0 Å². The van der Waals surface area contributed by atoms with Gasteiger partial charge in [-0.15, -0.1) is 0 Å². The lowest BCUT2D eigenvalue weighted by molar-refractivity contribution is -0.119. The number of pyridine rings is 1. The van der Waals surface area contributed by atoms with Gasteiger partial charge in [0.05, 0.1) is 0 Å². The molecule has 0 aliphatic rings. The van der Waals surface area contributed by atoms with Crippen molar-refractivity contribution in [3.05, 3.63) is 29.6 Å². The summed E-state index contributed by atoms with van der Waals surface area (Å²) in [4.78, 5) is 15.6. The molecule has 2 heteroatoms. The van der Waals surface area contributed by atoms with E-state index >= 15 is 0 Å². The van der Waals surface area contributed by atoms with Gasteiger partial charge in [0.2, 0.25) is 0 Å². The normalized spacial score (nSPS) is 10.6. The van der Waals surface area contributed by atoms with Gasteiger partial charge in [0.15, 0.2) is 0 Å². The average Bonchev–Trinajstić information content (AvgIpc) is 2.01. The first kappa shape index (κ1) is 10.9. The summed E-state index contributed by atoms with van der Waals surface area (Å²) in [5.74, 6) is 0.743. The molecule has 1 rings (SSSR count). The van der Waals surface area contributed by atoms with Crippen LogP contribution in [-0.4, -0.2) is 10.8 Å². The van der Waals surface area contributed by atoms with Gasteiger partial charge in [-0.1, -0.05) is 19.9 Å². The summed E-state index contributed by atoms with van der Waals surface area (Å²) < 4.78 is 0. The number of hydrogen-bond donors (Lipinski definition) is 0. The third kappa shape index (κ3) is 3.69. The molecule has 0 aromatic carbocycles.